The maximum atomic E-state index is 12.8. The third-order valence-corrected chi connectivity index (χ3v) is 6.43. The normalized spacial score (nSPS) is 16.6. The second kappa shape index (κ2) is 7.96. The SMILES string of the molecule is CC(C)n1cc(S(=O)(=O)NCCN2CCOCC2)c(-c2cccs2)n1. The van der Waals surface area contributed by atoms with Crippen LogP contribution in [0.2, 0.25) is 0 Å². The van der Waals surface area contributed by atoms with Crippen LogP contribution in [0.1, 0.15) is 19.9 Å². The van der Waals surface area contributed by atoms with Crippen molar-refractivity contribution in [2.45, 2.75) is 24.8 Å². The van der Waals surface area contributed by atoms with Crippen molar-refractivity contribution in [2.24, 2.45) is 0 Å². The summed E-state index contributed by atoms with van der Waals surface area (Å²) in [5.41, 5.74) is 0.516. The molecule has 3 rings (SSSR count). The van der Waals surface area contributed by atoms with Gasteiger partial charge in [0.05, 0.1) is 18.1 Å². The van der Waals surface area contributed by atoms with Crippen molar-refractivity contribution in [3.05, 3.63) is 23.7 Å². The fraction of sp³-hybridized carbons (Fsp3) is 0.562. The van der Waals surface area contributed by atoms with E-state index < -0.39 is 10.0 Å². The summed E-state index contributed by atoms with van der Waals surface area (Å²) in [6.45, 7) is 8.10. The smallest absolute Gasteiger partial charge is 0.244 e. The van der Waals surface area contributed by atoms with E-state index in [4.69, 9.17) is 4.74 Å². The van der Waals surface area contributed by atoms with Crippen LogP contribution in [0.3, 0.4) is 0 Å². The Morgan fingerprint density at radius 1 is 1.36 bits per heavy atom. The predicted octanol–water partition coefficient (Wildman–Crippen LogP) is 1.80. The number of aromatic nitrogens is 2. The third-order valence-electron chi connectivity index (χ3n) is 4.10. The fourth-order valence-corrected chi connectivity index (χ4v) is 4.62. The van der Waals surface area contributed by atoms with E-state index in [1.807, 2.05) is 31.4 Å². The number of morpholine rings is 1. The topological polar surface area (TPSA) is 76.5 Å². The fourth-order valence-electron chi connectivity index (χ4n) is 2.66. The maximum Gasteiger partial charge on any atom is 0.244 e. The van der Waals surface area contributed by atoms with Gasteiger partial charge in [-0.2, -0.15) is 5.10 Å². The molecule has 0 atom stereocenters. The Balaban J connectivity index is 1.76. The average molecular weight is 385 g/mol. The number of hydrogen-bond acceptors (Lipinski definition) is 6. The Labute approximate surface area is 152 Å². The number of hydrogen-bond donors (Lipinski definition) is 1. The van der Waals surface area contributed by atoms with Gasteiger partial charge in [0.2, 0.25) is 10.0 Å². The number of nitrogens with zero attached hydrogens (tertiary/aromatic N) is 3. The molecule has 9 heteroatoms. The quantitative estimate of drug-likeness (QED) is 0.788. The molecule has 0 amide bonds. The zero-order chi connectivity index (χ0) is 17.9. The first kappa shape index (κ1) is 18.5. The zero-order valence-electron chi connectivity index (χ0n) is 14.5. The standard InChI is InChI=1S/C16H24N4O3S2/c1-13(2)20-12-15(16(18-20)14-4-3-11-24-14)25(21,22)17-5-6-19-7-9-23-10-8-19/h3-4,11-13,17H,5-10H2,1-2H3. The Hall–Kier alpha value is -1.26. The molecule has 0 radical (unpaired) electrons. The van der Waals surface area contributed by atoms with E-state index in [1.165, 1.54) is 11.3 Å². The second-order valence-corrected chi connectivity index (χ2v) is 8.93. The number of rotatable bonds is 7. The highest BCUT2D eigenvalue weighted by atomic mass is 32.2. The van der Waals surface area contributed by atoms with Crippen LogP contribution in [0.5, 0.6) is 0 Å². The lowest BCUT2D eigenvalue weighted by Gasteiger charge is -2.26. The van der Waals surface area contributed by atoms with E-state index in [0.29, 0.717) is 32.0 Å². The molecule has 0 aliphatic carbocycles. The zero-order valence-corrected chi connectivity index (χ0v) is 16.1. The molecule has 0 saturated carbocycles. The minimum absolute atomic E-state index is 0.0935. The summed E-state index contributed by atoms with van der Waals surface area (Å²) < 4.78 is 35.4. The van der Waals surface area contributed by atoms with Crippen molar-refractivity contribution in [3.8, 4) is 10.6 Å². The van der Waals surface area contributed by atoms with Crippen LogP contribution in [0.15, 0.2) is 28.6 Å². The third kappa shape index (κ3) is 4.48. The molecule has 1 fully saturated rings. The summed E-state index contributed by atoms with van der Waals surface area (Å²) in [5, 5.41) is 6.42. The molecule has 1 N–H and O–H groups in total. The summed E-state index contributed by atoms with van der Waals surface area (Å²) in [5.74, 6) is 0. The summed E-state index contributed by atoms with van der Waals surface area (Å²) in [6, 6.07) is 3.89. The molecule has 1 saturated heterocycles. The van der Waals surface area contributed by atoms with Crippen LogP contribution in [0.25, 0.3) is 10.6 Å². The van der Waals surface area contributed by atoms with Gasteiger partial charge in [0.25, 0.3) is 0 Å². The Morgan fingerprint density at radius 2 is 2.12 bits per heavy atom. The van der Waals surface area contributed by atoms with Crippen molar-refractivity contribution in [1.82, 2.24) is 19.4 Å². The van der Waals surface area contributed by atoms with Gasteiger partial charge in [-0.15, -0.1) is 11.3 Å². The molecule has 0 aromatic carbocycles. The summed E-state index contributed by atoms with van der Waals surface area (Å²) in [7, 11) is -3.62. The lowest BCUT2D eigenvalue weighted by atomic mass is 10.3. The Morgan fingerprint density at radius 3 is 2.76 bits per heavy atom. The molecule has 1 aliphatic rings. The van der Waals surface area contributed by atoms with E-state index in [2.05, 4.69) is 14.7 Å². The highest BCUT2D eigenvalue weighted by Crippen LogP contribution is 2.30. The van der Waals surface area contributed by atoms with E-state index in [1.54, 1.807) is 10.9 Å². The summed E-state index contributed by atoms with van der Waals surface area (Å²) in [6.07, 6.45) is 1.62. The Bertz CT molecular complexity index is 778. The van der Waals surface area contributed by atoms with Crippen LogP contribution in [0.4, 0.5) is 0 Å². The van der Waals surface area contributed by atoms with Crippen LogP contribution in [-0.2, 0) is 14.8 Å². The molecular weight excluding hydrogens is 360 g/mol. The summed E-state index contributed by atoms with van der Waals surface area (Å²) in [4.78, 5) is 3.29. The van der Waals surface area contributed by atoms with Crippen LogP contribution >= 0.6 is 11.3 Å². The van der Waals surface area contributed by atoms with Gasteiger partial charge in [-0.25, -0.2) is 13.1 Å². The molecular formula is C16H24N4O3S2. The second-order valence-electron chi connectivity index (χ2n) is 6.24. The number of thiophene rings is 1. The van der Waals surface area contributed by atoms with Crippen LogP contribution < -0.4 is 4.72 Å². The van der Waals surface area contributed by atoms with Crippen molar-refractivity contribution in [3.63, 3.8) is 0 Å². The van der Waals surface area contributed by atoms with Gasteiger partial charge < -0.3 is 4.74 Å². The van der Waals surface area contributed by atoms with Gasteiger partial charge in [-0.1, -0.05) is 6.07 Å². The lowest BCUT2D eigenvalue weighted by Crippen LogP contribution is -2.41. The molecule has 3 heterocycles. The van der Waals surface area contributed by atoms with Gasteiger partial charge in [-0.3, -0.25) is 9.58 Å². The average Bonchev–Trinajstić information content (AvgIpc) is 3.25. The largest absolute Gasteiger partial charge is 0.379 e. The molecule has 0 bridgehead atoms. The highest BCUT2D eigenvalue weighted by Gasteiger charge is 2.25. The van der Waals surface area contributed by atoms with Gasteiger partial charge >= 0.3 is 0 Å². The first-order valence-electron chi connectivity index (χ1n) is 8.40. The van der Waals surface area contributed by atoms with Gasteiger partial charge in [0, 0.05) is 38.4 Å². The Kier molecular flexibility index (Phi) is 5.90. The molecule has 2 aromatic heterocycles. The molecule has 0 unspecified atom stereocenters. The van der Waals surface area contributed by atoms with E-state index >= 15 is 0 Å². The van der Waals surface area contributed by atoms with Gasteiger partial charge in [0.15, 0.2) is 0 Å². The van der Waals surface area contributed by atoms with Gasteiger partial charge in [-0.05, 0) is 25.3 Å². The number of ether oxygens (including phenoxy) is 1. The lowest BCUT2D eigenvalue weighted by molar-refractivity contribution is 0.0390. The van der Waals surface area contributed by atoms with E-state index in [-0.39, 0.29) is 10.9 Å². The molecule has 138 valence electrons. The first-order chi connectivity index (χ1) is 12.0. The van der Waals surface area contributed by atoms with E-state index in [9.17, 15) is 8.42 Å². The van der Waals surface area contributed by atoms with Gasteiger partial charge in [0.1, 0.15) is 10.6 Å². The number of sulfonamides is 1. The summed E-state index contributed by atoms with van der Waals surface area (Å²) >= 11 is 1.49. The first-order valence-corrected chi connectivity index (χ1v) is 10.8. The van der Waals surface area contributed by atoms with Crippen molar-refractivity contribution in [2.75, 3.05) is 39.4 Å². The minimum atomic E-state index is -3.62. The molecule has 1 aliphatic heterocycles. The highest BCUT2D eigenvalue weighted by molar-refractivity contribution is 7.89. The minimum Gasteiger partial charge on any atom is -0.379 e. The molecule has 25 heavy (non-hydrogen) atoms. The van der Waals surface area contributed by atoms with Crippen molar-refractivity contribution >= 4 is 21.4 Å². The predicted molar refractivity (Wildman–Crippen MR) is 98.4 cm³/mol. The number of nitrogens with one attached hydrogen (secondary N) is 1. The monoisotopic (exact) mass is 384 g/mol. The molecule has 0 spiro atoms. The molecule has 2 aromatic rings. The van der Waals surface area contributed by atoms with Crippen molar-refractivity contribution < 1.29 is 13.2 Å². The van der Waals surface area contributed by atoms with Crippen molar-refractivity contribution in [1.29, 1.82) is 0 Å². The van der Waals surface area contributed by atoms with Crippen LogP contribution in [-0.4, -0.2) is 62.5 Å². The molecule has 7 nitrogen and oxygen atoms in total. The van der Waals surface area contributed by atoms with E-state index in [0.717, 1.165) is 18.0 Å². The maximum absolute atomic E-state index is 12.8. The van der Waals surface area contributed by atoms with Crippen LogP contribution in [0, 0.1) is 0 Å².